The molecule has 0 atom stereocenters. The number of halogens is 1. The second-order valence-electron chi connectivity index (χ2n) is 27.5. The van der Waals surface area contributed by atoms with Gasteiger partial charge in [0.15, 0.2) is 0 Å². The summed E-state index contributed by atoms with van der Waals surface area (Å²) in [7, 11) is 10.0. The van der Waals surface area contributed by atoms with Crippen molar-refractivity contribution >= 4 is 18.2 Å². The maximum Gasteiger partial charge on any atom is 0.530 e. The van der Waals surface area contributed by atoms with E-state index < -0.39 is 6.95 Å². The number of benzene rings is 14. The number of hydrogen-bond acceptors (Lipinski definition) is 15. The highest BCUT2D eigenvalue weighted by atomic mass is 35.7. The lowest BCUT2D eigenvalue weighted by atomic mass is 10.1. The fourth-order valence-corrected chi connectivity index (χ4v) is 12.2. The number of phenols is 6. The zero-order chi connectivity index (χ0) is 114. The first-order valence-corrected chi connectivity index (χ1v) is 55.1. The van der Waals surface area contributed by atoms with Crippen molar-refractivity contribution in [3.63, 3.8) is 0 Å². The van der Waals surface area contributed by atoms with Crippen molar-refractivity contribution in [2.45, 2.75) is 275 Å². The molecule has 0 aliphatic heterocycles. The molecule has 15 nitrogen and oxygen atoms in total. The normalized spacial score (nSPS) is 8.67. The molecule has 14 aromatic carbocycles. The summed E-state index contributed by atoms with van der Waals surface area (Å²) in [5.41, 5.74) is 16.6. The summed E-state index contributed by atoms with van der Waals surface area (Å²) in [6.07, 6.45) is 5.00. The van der Waals surface area contributed by atoms with Crippen LogP contribution in [0, 0.1) is 27.7 Å². The molecule has 147 heavy (non-hydrogen) atoms. The number of hydrogen-bond donors (Lipinski definition) is 6. The van der Waals surface area contributed by atoms with E-state index in [1.54, 1.807) is 115 Å². The summed E-state index contributed by atoms with van der Waals surface area (Å²) >= 11 is 6.00. The molecule has 0 unspecified atom stereocenters. The van der Waals surface area contributed by atoms with E-state index in [1.165, 1.54) is 59.1 Å². The third-order valence-electron chi connectivity index (χ3n) is 17.0. The molecule has 0 aliphatic carbocycles. The van der Waals surface area contributed by atoms with Crippen LogP contribution in [0.25, 0.3) is 66.8 Å². The van der Waals surface area contributed by atoms with Crippen molar-refractivity contribution < 1.29 is 72.7 Å². The lowest BCUT2D eigenvalue weighted by Crippen LogP contribution is -2.00. The van der Waals surface area contributed by atoms with Gasteiger partial charge in [-0.15, -0.1) is 0 Å². The minimum atomic E-state index is -3.77. The number of para-hydroxylation sites is 2. The molecule has 0 saturated heterocycles. The van der Waals surface area contributed by atoms with Gasteiger partial charge in [-0.25, -0.2) is 4.57 Å². The van der Waals surface area contributed by atoms with Gasteiger partial charge in [0.1, 0.15) is 80.5 Å². The average molecular weight is 2060 g/mol. The molecule has 0 bridgehead atoms. The Morgan fingerprint density at radius 3 is 0.361 bits per heavy atom. The zero-order valence-corrected chi connectivity index (χ0v) is 99.8. The molecule has 0 amide bonds. The van der Waals surface area contributed by atoms with Crippen molar-refractivity contribution in [2.75, 3.05) is 42.7 Å². The smallest absolute Gasteiger partial charge is 0.508 e. The van der Waals surface area contributed by atoms with Crippen LogP contribution >= 0.6 is 18.2 Å². The molecule has 17 heteroatoms. The Balaban J connectivity index is -0.000000205. The molecule has 0 aliphatic rings. The zero-order valence-electron chi connectivity index (χ0n) is 98.2. The van der Waals surface area contributed by atoms with Crippen LogP contribution in [0.1, 0.15) is 269 Å². The third kappa shape index (κ3) is 69.5. The minimum absolute atomic E-state index is 0.257. The Morgan fingerprint density at radius 1 is 0.184 bits per heavy atom. The van der Waals surface area contributed by atoms with E-state index in [4.69, 9.17) is 79.3 Å². The van der Waals surface area contributed by atoms with Crippen LogP contribution in [0.4, 0.5) is 0 Å². The first-order chi connectivity index (χ1) is 71.2. The highest BCUT2D eigenvalue weighted by Crippen LogP contribution is 2.55. The van der Waals surface area contributed by atoms with Crippen molar-refractivity contribution in [1.82, 2.24) is 0 Å². The lowest BCUT2D eigenvalue weighted by molar-refractivity contribution is 0.401. The molecule has 6 N–H and O–H groups in total. The Kier molecular flexibility index (Phi) is 107. The second kappa shape index (κ2) is 104. The monoisotopic (exact) mass is 2060 g/mol. The molecule has 14 aromatic rings. The van der Waals surface area contributed by atoms with Crippen LogP contribution in [0.3, 0.4) is 0 Å². The van der Waals surface area contributed by atoms with E-state index >= 15 is 0 Å². The number of aryl methyl sites for hydroxylation is 4. The fraction of sp³-hybridized carbons (Fsp3) is 0.354. The Hall–Kier alpha value is -13.2. The van der Waals surface area contributed by atoms with E-state index in [9.17, 15) is 4.57 Å². The minimum Gasteiger partial charge on any atom is -0.508 e. The number of phenolic OH excluding ortho intramolecular Hbond substituents is 6. The van der Waals surface area contributed by atoms with E-state index in [2.05, 4.69) is 55.4 Å². The molecule has 0 fully saturated rings. The topological polar surface area (TPSA) is 212 Å². The van der Waals surface area contributed by atoms with Gasteiger partial charge in [0.05, 0.1) is 42.7 Å². The van der Waals surface area contributed by atoms with E-state index in [0.29, 0.717) is 11.5 Å². The molecule has 816 valence electrons. The van der Waals surface area contributed by atoms with Gasteiger partial charge >= 0.3 is 6.95 Å². The van der Waals surface area contributed by atoms with Crippen molar-refractivity contribution in [2.24, 2.45) is 0 Å². The van der Waals surface area contributed by atoms with Gasteiger partial charge in [0, 0.05) is 11.2 Å². The predicted octanol–water partition coefficient (Wildman–Crippen LogP) is 42.1. The molecule has 0 spiro atoms. The average Bonchev–Trinajstić information content (AvgIpc) is 0.813. The lowest BCUT2D eigenvalue weighted by Gasteiger charge is -2.18. The molecule has 0 heterocycles. The largest absolute Gasteiger partial charge is 0.530 e. The predicted molar refractivity (Wildman–Crippen MR) is 647 cm³/mol. The first kappa shape index (κ1) is 152. The maximum absolute atomic E-state index is 12.5. The number of aromatic hydroxyl groups is 6. The molecule has 0 saturated carbocycles. The van der Waals surface area contributed by atoms with Gasteiger partial charge in [0.2, 0.25) is 0 Å². The highest BCUT2D eigenvalue weighted by molar-refractivity contribution is 7.82. The van der Waals surface area contributed by atoms with Crippen LogP contribution in [-0.4, -0.2) is 73.3 Å². The SMILES string of the molecule is CC.CC.CC.CC.CC.CC.CC.CC.CC.CC.CC.CC.CCC.CCC.CCC.CCC.COc1ccc(-c2ccc(OC)cc2)cc1.COc1ccc(-c2ccc(OC)cc2)cc1.COc1ccc(-c2ccc(OC)cc2)cc1.Cc1cccc(C)c1OP(=O)(Cl)Oc1c(C)cccc1C.Oc1ccc(-c2ccc(O)cc2)cc1.Oc1ccc(-c2ccc(O)cc2)cc1.Oc1ccc(-c2ccc(O)cc2)cc1. The summed E-state index contributed by atoms with van der Waals surface area (Å²) in [5.74, 6) is 7.78. The van der Waals surface area contributed by atoms with E-state index in [1.807, 2.05) is 449 Å². The molecule has 14 rings (SSSR count). The quantitative estimate of drug-likeness (QED) is 0.0497. The summed E-state index contributed by atoms with van der Waals surface area (Å²) < 4.78 is 54.2. The Bertz CT molecular complexity index is 4420. The van der Waals surface area contributed by atoms with Gasteiger partial charge in [-0.3, -0.25) is 0 Å². The molecule has 0 aromatic heterocycles. The molecule has 0 radical (unpaired) electrons. The highest BCUT2D eigenvalue weighted by Gasteiger charge is 2.28. The Morgan fingerprint density at radius 2 is 0.272 bits per heavy atom. The number of ether oxygens (including phenoxy) is 6. The fourth-order valence-electron chi connectivity index (χ4n) is 10.7. The van der Waals surface area contributed by atoms with Crippen molar-refractivity contribution in [3.05, 3.63) is 350 Å². The molecular formula is C130H194ClO15P. The third-order valence-corrected chi connectivity index (χ3v) is 18.2. The standard InChI is InChI=1S/C16H18ClO3P.3C14H14O2.3C12H10O2.4C3H8.12C2H6/c1-11-7-5-8-12(2)15(11)19-21(17,18)20-16-13(3)9-6-10-14(16)4;3*1-15-13-7-3-11(4-8-13)12-5-9-14(16-2)10-6-12;3*13-11-5-1-9(2-6-11)10-3-7-12(14)8-4-10;4*1-3-2;12*1-2/h5-10H,1-4H3;3*3-10H,1-2H3;3*1-8,13-14H;4*3H2,1-2H3;12*1-2H3. The summed E-state index contributed by atoms with van der Waals surface area (Å²) in [4.78, 5) is 0. The summed E-state index contributed by atoms with van der Waals surface area (Å²) in [6.45, 7) is 68.7. The number of methoxy groups -OCH3 is 6. The van der Waals surface area contributed by atoms with Crippen LogP contribution in [0.2, 0.25) is 0 Å². The summed E-state index contributed by atoms with van der Waals surface area (Å²) in [6, 6.07) is 101. The van der Waals surface area contributed by atoms with Gasteiger partial charge in [-0.1, -0.05) is 429 Å². The van der Waals surface area contributed by atoms with Crippen molar-refractivity contribution in [1.29, 1.82) is 0 Å². The molecular weight excluding hydrogens is 1870 g/mol. The van der Waals surface area contributed by atoms with Crippen LogP contribution < -0.4 is 37.5 Å². The maximum atomic E-state index is 12.5. The van der Waals surface area contributed by atoms with Gasteiger partial charge < -0.3 is 68.1 Å². The first-order valence-electron chi connectivity index (χ1n) is 52.6. The van der Waals surface area contributed by atoms with Crippen LogP contribution in [0.5, 0.6) is 80.5 Å². The van der Waals surface area contributed by atoms with Crippen LogP contribution in [-0.2, 0) is 4.57 Å². The van der Waals surface area contributed by atoms with E-state index in [0.717, 1.165) is 90.1 Å². The van der Waals surface area contributed by atoms with Crippen molar-refractivity contribution in [3.8, 4) is 147 Å². The number of rotatable bonds is 16. The Labute approximate surface area is 899 Å². The van der Waals surface area contributed by atoms with Gasteiger partial charge in [-0.2, -0.15) is 0 Å². The second-order valence-corrected chi connectivity index (χ2v) is 30.0. The van der Waals surface area contributed by atoms with Gasteiger partial charge in [-0.05, 0) is 262 Å². The summed E-state index contributed by atoms with van der Waals surface area (Å²) in [5, 5.41) is 54.6. The van der Waals surface area contributed by atoms with E-state index in [-0.39, 0.29) is 34.5 Å². The van der Waals surface area contributed by atoms with Crippen LogP contribution in [0.15, 0.2) is 328 Å². The van der Waals surface area contributed by atoms with Gasteiger partial charge in [0.25, 0.3) is 0 Å².